The third kappa shape index (κ3) is 5.46. The van der Waals surface area contributed by atoms with Gasteiger partial charge in [-0.1, -0.05) is 36.4 Å². The highest BCUT2D eigenvalue weighted by Crippen LogP contribution is 2.31. The smallest absolute Gasteiger partial charge is 0.324 e. The molecule has 2 aromatic carbocycles. The Morgan fingerprint density at radius 2 is 1.68 bits per heavy atom. The van der Waals surface area contributed by atoms with Crippen LogP contribution in [-0.4, -0.2) is 54.8 Å². The molecule has 2 aromatic heterocycles. The van der Waals surface area contributed by atoms with Gasteiger partial charge in [0.1, 0.15) is 0 Å². The van der Waals surface area contributed by atoms with E-state index in [1.54, 1.807) is 30.3 Å². The molecule has 1 aliphatic heterocycles. The highest BCUT2D eigenvalue weighted by atomic mass is 19.4. The van der Waals surface area contributed by atoms with E-state index < -0.39 is 12.0 Å². The van der Waals surface area contributed by atoms with Crippen molar-refractivity contribution in [2.45, 2.75) is 50.7 Å². The molecular weight excluding hydrogens is 519 g/mol. The van der Waals surface area contributed by atoms with Crippen molar-refractivity contribution in [1.82, 2.24) is 29.9 Å². The molecule has 11 heteroatoms. The monoisotopic (exact) mass is 547 g/mol. The van der Waals surface area contributed by atoms with Gasteiger partial charge >= 0.3 is 6.18 Å². The SMILES string of the molecule is O=C(c1ccccc1)c1cnnc(-n2nc(C(F)(F)F)nc2Nc2ccc3c(c2)CCC(N2CCCC2)CC3)c1. The first kappa shape index (κ1) is 26.1. The van der Waals surface area contributed by atoms with Crippen LogP contribution in [0.25, 0.3) is 5.82 Å². The Hall–Kier alpha value is -4.12. The number of halogens is 3. The molecule has 1 fully saturated rings. The number of carbonyl (C=O) groups is 1. The summed E-state index contributed by atoms with van der Waals surface area (Å²) < 4.78 is 41.9. The number of nitrogens with zero attached hydrogens (tertiary/aromatic N) is 6. The standard InChI is InChI=1S/C29H28F3N7O/c30-29(31,32)27-35-28(39(37-27)25-17-22(18-33-36-25)26(40)20-6-2-1-3-7-20)34-23-11-8-19-9-12-24(13-10-21(19)16-23)38-14-4-5-15-38/h1-3,6-8,11,16-18,24H,4-5,9-10,12-15H2,(H,34,35,37). The molecule has 1 atom stereocenters. The number of ketones is 1. The summed E-state index contributed by atoms with van der Waals surface area (Å²) >= 11 is 0. The van der Waals surface area contributed by atoms with E-state index in [1.165, 1.54) is 36.2 Å². The maximum absolute atomic E-state index is 13.6. The fourth-order valence-corrected chi connectivity index (χ4v) is 5.58. The van der Waals surface area contributed by atoms with Crippen LogP contribution in [0.5, 0.6) is 0 Å². The third-order valence-electron chi connectivity index (χ3n) is 7.63. The molecule has 0 bridgehead atoms. The number of likely N-dealkylation sites (tertiary alicyclic amines) is 1. The molecule has 0 amide bonds. The quantitative estimate of drug-likeness (QED) is 0.256. The molecule has 1 aliphatic carbocycles. The molecular formula is C29H28F3N7O. The molecule has 206 valence electrons. The molecule has 6 rings (SSSR count). The van der Waals surface area contributed by atoms with Crippen LogP contribution in [0.15, 0.2) is 60.8 Å². The Kier molecular flexibility index (Phi) is 7.05. The lowest BCUT2D eigenvalue weighted by atomic mass is 10.0. The van der Waals surface area contributed by atoms with E-state index in [2.05, 4.69) is 30.5 Å². The summed E-state index contributed by atoms with van der Waals surface area (Å²) in [6.07, 6.45) is 3.06. The Morgan fingerprint density at radius 3 is 2.42 bits per heavy atom. The number of aromatic nitrogens is 5. The van der Waals surface area contributed by atoms with Gasteiger partial charge in [0.25, 0.3) is 5.82 Å². The number of rotatable bonds is 6. The van der Waals surface area contributed by atoms with Gasteiger partial charge in [-0.2, -0.15) is 27.9 Å². The first-order valence-corrected chi connectivity index (χ1v) is 13.4. The Labute approximate surface area is 229 Å². The van der Waals surface area contributed by atoms with Gasteiger partial charge in [0.15, 0.2) is 11.6 Å². The van der Waals surface area contributed by atoms with Gasteiger partial charge in [0.05, 0.1) is 6.20 Å². The van der Waals surface area contributed by atoms with Gasteiger partial charge in [-0.25, -0.2) is 0 Å². The van der Waals surface area contributed by atoms with E-state index in [0.29, 0.717) is 17.3 Å². The highest BCUT2D eigenvalue weighted by Gasteiger charge is 2.38. The number of benzene rings is 2. The van der Waals surface area contributed by atoms with Gasteiger partial charge in [-0.3, -0.25) is 4.79 Å². The lowest BCUT2D eigenvalue weighted by Gasteiger charge is -2.25. The summed E-state index contributed by atoms with van der Waals surface area (Å²) in [4.78, 5) is 19.3. The number of hydrogen-bond acceptors (Lipinski definition) is 7. The average Bonchev–Trinajstić information content (AvgIpc) is 3.60. The van der Waals surface area contributed by atoms with Gasteiger partial charge in [-0.15, -0.1) is 10.2 Å². The molecule has 0 radical (unpaired) electrons. The normalized spacial score (nSPS) is 17.8. The van der Waals surface area contributed by atoms with Crippen LogP contribution in [0, 0.1) is 0 Å². The summed E-state index contributed by atoms with van der Waals surface area (Å²) in [5.74, 6) is -1.88. The van der Waals surface area contributed by atoms with Gasteiger partial charge in [-0.05, 0) is 80.9 Å². The average molecular weight is 548 g/mol. The Morgan fingerprint density at radius 1 is 0.925 bits per heavy atom. The van der Waals surface area contributed by atoms with Crippen LogP contribution < -0.4 is 5.32 Å². The summed E-state index contributed by atoms with van der Waals surface area (Å²) in [7, 11) is 0. The number of alkyl halides is 3. The molecule has 40 heavy (non-hydrogen) atoms. The van der Waals surface area contributed by atoms with E-state index in [9.17, 15) is 18.0 Å². The van der Waals surface area contributed by atoms with Crippen molar-refractivity contribution in [2.24, 2.45) is 0 Å². The minimum absolute atomic E-state index is 0.0597. The molecule has 2 aliphatic rings. The van der Waals surface area contributed by atoms with Gasteiger partial charge in [0, 0.05) is 22.9 Å². The van der Waals surface area contributed by atoms with Crippen LogP contribution >= 0.6 is 0 Å². The maximum Gasteiger partial charge on any atom is 0.453 e. The minimum atomic E-state index is -4.77. The van der Waals surface area contributed by atoms with E-state index in [4.69, 9.17) is 0 Å². The van der Waals surface area contributed by atoms with Crippen molar-refractivity contribution >= 4 is 17.4 Å². The maximum atomic E-state index is 13.6. The molecule has 1 saturated heterocycles. The molecule has 1 unspecified atom stereocenters. The van der Waals surface area contributed by atoms with Gasteiger partial charge < -0.3 is 10.2 Å². The lowest BCUT2D eigenvalue weighted by Crippen LogP contribution is -2.32. The zero-order chi connectivity index (χ0) is 27.7. The second-order valence-electron chi connectivity index (χ2n) is 10.2. The number of fused-ring (bicyclic) bond motifs is 1. The van der Waals surface area contributed by atoms with Crippen molar-refractivity contribution in [2.75, 3.05) is 18.4 Å². The number of carbonyl (C=O) groups excluding carboxylic acids is 1. The van der Waals surface area contributed by atoms with Crippen LogP contribution in [0.4, 0.5) is 24.8 Å². The van der Waals surface area contributed by atoms with Crippen molar-refractivity contribution < 1.29 is 18.0 Å². The van der Waals surface area contributed by atoms with Crippen LogP contribution in [0.3, 0.4) is 0 Å². The van der Waals surface area contributed by atoms with E-state index in [-0.39, 0.29) is 23.1 Å². The van der Waals surface area contributed by atoms with Crippen LogP contribution in [-0.2, 0) is 19.0 Å². The van der Waals surface area contributed by atoms with Crippen LogP contribution in [0.2, 0.25) is 0 Å². The van der Waals surface area contributed by atoms with E-state index in [0.717, 1.165) is 43.5 Å². The highest BCUT2D eigenvalue weighted by molar-refractivity contribution is 6.08. The summed E-state index contributed by atoms with van der Waals surface area (Å²) in [5, 5.41) is 14.5. The van der Waals surface area contributed by atoms with Crippen molar-refractivity contribution in [3.63, 3.8) is 0 Å². The van der Waals surface area contributed by atoms with Gasteiger partial charge in [0.2, 0.25) is 5.95 Å². The van der Waals surface area contributed by atoms with Crippen molar-refractivity contribution in [3.8, 4) is 5.82 Å². The summed E-state index contributed by atoms with van der Waals surface area (Å²) in [6, 6.07) is 16.3. The molecule has 8 nitrogen and oxygen atoms in total. The molecule has 0 saturated carbocycles. The molecule has 3 heterocycles. The molecule has 0 spiro atoms. The van der Waals surface area contributed by atoms with E-state index in [1.807, 2.05) is 18.2 Å². The first-order chi connectivity index (χ1) is 19.3. The molecule has 4 aromatic rings. The Balaban J connectivity index is 1.29. The number of nitrogens with one attached hydrogen (secondary N) is 1. The predicted octanol–water partition coefficient (Wildman–Crippen LogP) is 5.39. The zero-order valence-corrected chi connectivity index (χ0v) is 21.7. The number of hydrogen-bond donors (Lipinski definition) is 1. The van der Waals surface area contributed by atoms with Crippen molar-refractivity contribution in [1.29, 1.82) is 0 Å². The third-order valence-corrected chi connectivity index (χ3v) is 7.63. The minimum Gasteiger partial charge on any atom is -0.324 e. The first-order valence-electron chi connectivity index (χ1n) is 13.4. The largest absolute Gasteiger partial charge is 0.453 e. The fraction of sp³-hybridized carbons (Fsp3) is 0.345. The van der Waals surface area contributed by atoms with Crippen molar-refractivity contribution in [3.05, 3.63) is 88.9 Å². The number of aryl methyl sites for hydroxylation is 2. The predicted molar refractivity (Wildman–Crippen MR) is 143 cm³/mol. The second kappa shape index (κ2) is 10.8. The molecule has 1 N–H and O–H groups in total. The number of anilines is 2. The Bertz CT molecular complexity index is 1510. The van der Waals surface area contributed by atoms with E-state index >= 15 is 0 Å². The zero-order valence-electron chi connectivity index (χ0n) is 21.7. The topological polar surface area (TPSA) is 88.8 Å². The lowest BCUT2D eigenvalue weighted by molar-refractivity contribution is -0.144. The van der Waals surface area contributed by atoms with Crippen LogP contribution in [0.1, 0.15) is 58.6 Å². The fourth-order valence-electron chi connectivity index (χ4n) is 5.58. The second-order valence-corrected chi connectivity index (χ2v) is 10.2. The summed E-state index contributed by atoms with van der Waals surface area (Å²) in [6.45, 7) is 2.32. The summed E-state index contributed by atoms with van der Waals surface area (Å²) in [5.41, 5.74) is 3.65.